The van der Waals surface area contributed by atoms with E-state index in [2.05, 4.69) is 16.1 Å². The number of nitrogens with zero attached hydrogens (tertiary/aromatic N) is 3. The number of carbonyl (C=O) groups is 2. The largest absolute Gasteiger partial charge is 0.465 e. The van der Waals surface area contributed by atoms with Crippen molar-refractivity contribution < 1.29 is 19.1 Å². The summed E-state index contributed by atoms with van der Waals surface area (Å²) in [6, 6.07) is 26.7. The number of ether oxygens (including phenoxy) is 2. The van der Waals surface area contributed by atoms with Crippen molar-refractivity contribution in [1.82, 2.24) is 14.8 Å². The molecule has 0 aliphatic heterocycles. The van der Waals surface area contributed by atoms with Crippen molar-refractivity contribution in [2.75, 3.05) is 14.2 Å². The molecule has 5 rings (SSSR count). The SMILES string of the molecule is COC(=O)c1c(-c2ccc(-c3cnc4ccccc4c3)cc2)nn(-c2ccccc2)c1C(=O)OC. The van der Waals surface area contributed by atoms with Gasteiger partial charge in [-0.3, -0.25) is 4.98 Å². The Morgan fingerprint density at radius 3 is 2.11 bits per heavy atom. The van der Waals surface area contributed by atoms with Crippen molar-refractivity contribution in [3.05, 3.63) is 102 Å². The Labute approximate surface area is 201 Å². The summed E-state index contributed by atoms with van der Waals surface area (Å²) in [6.07, 6.45) is 1.83. The van der Waals surface area contributed by atoms with Gasteiger partial charge in [0, 0.05) is 22.7 Å². The minimum absolute atomic E-state index is 0.00311. The van der Waals surface area contributed by atoms with Crippen LogP contribution in [0.3, 0.4) is 0 Å². The molecule has 0 aliphatic carbocycles. The van der Waals surface area contributed by atoms with Crippen molar-refractivity contribution in [2.45, 2.75) is 0 Å². The molecule has 2 aromatic heterocycles. The number of methoxy groups -OCH3 is 2. The van der Waals surface area contributed by atoms with E-state index < -0.39 is 11.9 Å². The van der Waals surface area contributed by atoms with E-state index in [-0.39, 0.29) is 11.3 Å². The standard InChI is InChI=1S/C28H21N3O4/c1-34-27(32)24-25(30-31(26(24)28(33)35-2)22-9-4-3-5-10-22)19-14-12-18(13-15-19)21-16-20-8-6-7-11-23(20)29-17-21/h3-17H,1-2H3. The number of hydrogen-bond donors (Lipinski definition) is 0. The number of aromatic nitrogens is 3. The highest BCUT2D eigenvalue weighted by atomic mass is 16.5. The quantitative estimate of drug-likeness (QED) is 0.328. The first-order chi connectivity index (χ1) is 17.1. The van der Waals surface area contributed by atoms with Gasteiger partial charge in [0.2, 0.25) is 0 Å². The van der Waals surface area contributed by atoms with Crippen LogP contribution in [0, 0.1) is 0 Å². The third kappa shape index (κ3) is 4.04. The zero-order valence-corrected chi connectivity index (χ0v) is 19.1. The fraction of sp³-hybridized carbons (Fsp3) is 0.0714. The van der Waals surface area contributed by atoms with Gasteiger partial charge in [0.1, 0.15) is 11.3 Å². The van der Waals surface area contributed by atoms with E-state index in [0.29, 0.717) is 16.9 Å². The van der Waals surface area contributed by atoms with Crippen LogP contribution in [0.2, 0.25) is 0 Å². The lowest BCUT2D eigenvalue weighted by Gasteiger charge is -2.07. The number of rotatable bonds is 5. The van der Waals surface area contributed by atoms with E-state index in [4.69, 9.17) is 9.47 Å². The summed E-state index contributed by atoms with van der Waals surface area (Å²) in [5.41, 5.74) is 4.50. The Balaban J connectivity index is 1.63. The predicted molar refractivity (Wildman–Crippen MR) is 132 cm³/mol. The number of benzene rings is 3. The molecule has 0 aliphatic rings. The Bertz CT molecular complexity index is 1540. The van der Waals surface area contributed by atoms with E-state index >= 15 is 0 Å². The summed E-state index contributed by atoms with van der Waals surface area (Å²) in [4.78, 5) is 30.1. The highest BCUT2D eigenvalue weighted by Crippen LogP contribution is 2.31. The van der Waals surface area contributed by atoms with Gasteiger partial charge in [0.15, 0.2) is 5.69 Å². The van der Waals surface area contributed by atoms with Crippen LogP contribution >= 0.6 is 0 Å². The topological polar surface area (TPSA) is 83.3 Å². The minimum atomic E-state index is -0.688. The molecule has 3 aromatic carbocycles. The number of hydrogen-bond acceptors (Lipinski definition) is 6. The van der Waals surface area contributed by atoms with E-state index in [9.17, 15) is 9.59 Å². The smallest absolute Gasteiger partial charge is 0.357 e. The van der Waals surface area contributed by atoms with Crippen molar-refractivity contribution in [2.24, 2.45) is 0 Å². The van der Waals surface area contributed by atoms with Crippen molar-refractivity contribution in [3.8, 4) is 28.1 Å². The van der Waals surface area contributed by atoms with Crippen LogP contribution in [0.1, 0.15) is 20.8 Å². The molecule has 0 saturated heterocycles. The van der Waals surface area contributed by atoms with Gasteiger partial charge in [-0.1, -0.05) is 60.7 Å². The van der Waals surface area contributed by atoms with Gasteiger partial charge in [-0.25, -0.2) is 14.3 Å². The normalized spacial score (nSPS) is 10.8. The van der Waals surface area contributed by atoms with Crippen molar-refractivity contribution >= 4 is 22.8 Å². The van der Waals surface area contributed by atoms with Gasteiger partial charge >= 0.3 is 11.9 Å². The lowest BCUT2D eigenvalue weighted by atomic mass is 10.0. The number of fused-ring (bicyclic) bond motifs is 1. The van der Waals surface area contributed by atoms with Crippen molar-refractivity contribution in [3.63, 3.8) is 0 Å². The second-order valence-corrected chi connectivity index (χ2v) is 7.80. The Morgan fingerprint density at radius 2 is 1.40 bits per heavy atom. The average molecular weight is 463 g/mol. The Kier molecular flexibility index (Phi) is 5.81. The molecule has 0 spiro atoms. The summed E-state index contributed by atoms with van der Waals surface area (Å²) in [5.74, 6) is -1.36. The number of esters is 2. The summed E-state index contributed by atoms with van der Waals surface area (Å²) in [5, 5.41) is 5.68. The van der Waals surface area contributed by atoms with Crippen LogP contribution in [-0.2, 0) is 9.47 Å². The first-order valence-corrected chi connectivity index (χ1v) is 10.9. The maximum absolute atomic E-state index is 12.8. The monoisotopic (exact) mass is 463 g/mol. The van der Waals surface area contributed by atoms with E-state index in [1.54, 1.807) is 12.1 Å². The molecule has 0 radical (unpaired) electrons. The van der Waals surface area contributed by atoms with Crippen LogP contribution < -0.4 is 0 Å². The van der Waals surface area contributed by atoms with Gasteiger partial charge < -0.3 is 9.47 Å². The van der Waals surface area contributed by atoms with Gasteiger partial charge in [0.05, 0.1) is 25.4 Å². The van der Waals surface area contributed by atoms with Gasteiger partial charge in [0.25, 0.3) is 0 Å². The molecular weight excluding hydrogens is 442 g/mol. The molecule has 0 atom stereocenters. The molecule has 0 N–H and O–H groups in total. The van der Waals surface area contributed by atoms with Gasteiger partial charge in [-0.2, -0.15) is 5.10 Å². The molecule has 0 saturated carbocycles. The van der Waals surface area contributed by atoms with Gasteiger partial charge in [-0.15, -0.1) is 0 Å². The molecule has 35 heavy (non-hydrogen) atoms. The molecule has 0 bridgehead atoms. The zero-order valence-electron chi connectivity index (χ0n) is 19.1. The van der Waals surface area contributed by atoms with Crippen LogP contribution in [0.4, 0.5) is 0 Å². The molecule has 0 amide bonds. The summed E-state index contributed by atoms with van der Waals surface area (Å²) in [6.45, 7) is 0. The molecule has 7 heteroatoms. The van der Waals surface area contributed by atoms with E-state index in [0.717, 1.165) is 22.0 Å². The predicted octanol–water partition coefficient (Wildman–Crippen LogP) is 5.33. The Hall–Kier alpha value is -4.78. The summed E-state index contributed by atoms with van der Waals surface area (Å²) >= 11 is 0. The maximum Gasteiger partial charge on any atom is 0.357 e. The van der Waals surface area contributed by atoms with E-state index in [1.165, 1.54) is 18.9 Å². The molecule has 7 nitrogen and oxygen atoms in total. The first-order valence-electron chi connectivity index (χ1n) is 10.9. The molecule has 5 aromatic rings. The maximum atomic E-state index is 12.8. The highest BCUT2D eigenvalue weighted by Gasteiger charge is 2.31. The fourth-order valence-electron chi connectivity index (χ4n) is 4.01. The van der Waals surface area contributed by atoms with Crippen molar-refractivity contribution in [1.29, 1.82) is 0 Å². The summed E-state index contributed by atoms with van der Waals surface area (Å²) < 4.78 is 11.4. The third-order valence-electron chi connectivity index (χ3n) is 5.74. The van der Waals surface area contributed by atoms with E-state index in [1.807, 2.05) is 72.9 Å². The molecule has 172 valence electrons. The fourth-order valence-corrected chi connectivity index (χ4v) is 4.01. The molecule has 2 heterocycles. The molecule has 0 unspecified atom stereocenters. The second kappa shape index (κ2) is 9.23. The number of para-hydroxylation sites is 2. The minimum Gasteiger partial charge on any atom is -0.465 e. The lowest BCUT2D eigenvalue weighted by Crippen LogP contribution is -2.15. The van der Waals surface area contributed by atoms with Crippen LogP contribution in [0.25, 0.3) is 39.0 Å². The van der Waals surface area contributed by atoms with Crippen LogP contribution in [0.15, 0.2) is 91.1 Å². The lowest BCUT2D eigenvalue weighted by molar-refractivity contribution is 0.0549. The Morgan fingerprint density at radius 1 is 0.743 bits per heavy atom. The zero-order chi connectivity index (χ0) is 24.4. The second-order valence-electron chi connectivity index (χ2n) is 7.80. The molecular formula is C28H21N3O4. The van der Waals surface area contributed by atoms with Crippen LogP contribution in [0.5, 0.6) is 0 Å². The number of pyridine rings is 1. The van der Waals surface area contributed by atoms with Gasteiger partial charge in [-0.05, 0) is 29.8 Å². The van der Waals surface area contributed by atoms with Crippen LogP contribution in [-0.4, -0.2) is 40.9 Å². The third-order valence-corrected chi connectivity index (χ3v) is 5.74. The summed E-state index contributed by atoms with van der Waals surface area (Å²) in [7, 11) is 2.53. The highest BCUT2D eigenvalue weighted by molar-refractivity contribution is 6.06. The number of carbonyl (C=O) groups excluding carboxylic acids is 2. The molecule has 0 fully saturated rings. The average Bonchev–Trinajstić information content (AvgIpc) is 3.33. The first kappa shape index (κ1) is 22.0.